The third-order valence-electron chi connectivity index (χ3n) is 3.56. The highest BCUT2D eigenvalue weighted by molar-refractivity contribution is 7.99. The number of para-hydroxylation sites is 2. The van der Waals surface area contributed by atoms with Crippen molar-refractivity contribution in [3.05, 3.63) is 66.2 Å². The summed E-state index contributed by atoms with van der Waals surface area (Å²) in [6.45, 7) is 0.693. The molecule has 4 nitrogen and oxygen atoms in total. The summed E-state index contributed by atoms with van der Waals surface area (Å²) < 4.78 is 6.83. The number of esters is 1. The third-order valence-corrected chi connectivity index (χ3v) is 4.51. The van der Waals surface area contributed by atoms with Crippen LogP contribution in [-0.4, -0.2) is 28.4 Å². The highest BCUT2D eigenvalue weighted by atomic mass is 32.2. The van der Waals surface area contributed by atoms with Crippen LogP contribution in [-0.2, 0) is 16.1 Å². The second-order valence-corrected chi connectivity index (χ2v) is 6.11. The molecule has 2 aromatic carbocycles. The number of methoxy groups -OCH3 is 1. The lowest BCUT2D eigenvalue weighted by Gasteiger charge is -2.05. The first-order valence-electron chi connectivity index (χ1n) is 7.64. The Hall–Kier alpha value is -2.53. The molecule has 122 valence electrons. The van der Waals surface area contributed by atoms with Crippen LogP contribution in [0.15, 0.2) is 65.8 Å². The maximum atomic E-state index is 11.4. The number of hydrogen-bond acceptors (Lipinski definition) is 4. The summed E-state index contributed by atoms with van der Waals surface area (Å²) in [6, 6.07) is 18.2. The molecule has 0 spiro atoms. The Labute approximate surface area is 145 Å². The van der Waals surface area contributed by atoms with E-state index in [0.29, 0.717) is 6.54 Å². The third kappa shape index (κ3) is 3.86. The van der Waals surface area contributed by atoms with Crippen LogP contribution in [0.2, 0.25) is 0 Å². The molecule has 0 fully saturated rings. The number of imidazole rings is 1. The maximum Gasteiger partial charge on any atom is 0.316 e. The zero-order valence-corrected chi connectivity index (χ0v) is 14.2. The zero-order chi connectivity index (χ0) is 16.8. The highest BCUT2D eigenvalue weighted by Gasteiger charge is 2.12. The van der Waals surface area contributed by atoms with E-state index in [1.807, 2.05) is 42.5 Å². The van der Waals surface area contributed by atoms with Gasteiger partial charge in [-0.15, -0.1) is 0 Å². The number of benzene rings is 2. The second-order valence-electron chi connectivity index (χ2n) is 5.17. The van der Waals surface area contributed by atoms with E-state index in [0.717, 1.165) is 21.8 Å². The fourth-order valence-corrected chi connectivity index (χ4v) is 3.24. The van der Waals surface area contributed by atoms with Crippen molar-refractivity contribution in [1.29, 1.82) is 0 Å². The number of allylic oxidation sites excluding steroid dienone is 1. The van der Waals surface area contributed by atoms with Gasteiger partial charge in [-0.25, -0.2) is 4.98 Å². The Balaban J connectivity index is 1.84. The molecule has 0 radical (unpaired) electrons. The Kier molecular flexibility index (Phi) is 5.33. The van der Waals surface area contributed by atoms with Crippen LogP contribution >= 0.6 is 11.8 Å². The number of nitrogens with zero attached hydrogens (tertiary/aromatic N) is 2. The molecule has 0 atom stereocenters. The van der Waals surface area contributed by atoms with Crippen molar-refractivity contribution >= 4 is 34.8 Å². The van der Waals surface area contributed by atoms with E-state index in [1.165, 1.54) is 18.9 Å². The molecule has 0 saturated carbocycles. The van der Waals surface area contributed by atoms with E-state index < -0.39 is 0 Å². The fraction of sp³-hybridized carbons (Fsp3) is 0.158. The molecule has 0 amide bonds. The van der Waals surface area contributed by atoms with Crippen LogP contribution in [0.3, 0.4) is 0 Å². The first kappa shape index (κ1) is 16.3. The van der Waals surface area contributed by atoms with Gasteiger partial charge in [-0.1, -0.05) is 66.4 Å². The lowest BCUT2D eigenvalue weighted by atomic mass is 10.2. The monoisotopic (exact) mass is 338 g/mol. The van der Waals surface area contributed by atoms with Crippen LogP contribution in [0.5, 0.6) is 0 Å². The Bertz CT molecular complexity index is 856. The average molecular weight is 338 g/mol. The Morgan fingerprint density at radius 2 is 1.92 bits per heavy atom. The predicted octanol–water partition coefficient (Wildman–Crippen LogP) is 4.01. The molecule has 0 aliphatic carbocycles. The molecule has 3 aromatic rings. The van der Waals surface area contributed by atoms with Gasteiger partial charge in [-0.05, 0) is 17.7 Å². The first-order chi connectivity index (χ1) is 11.8. The number of rotatable bonds is 6. The summed E-state index contributed by atoms with van der Waals surface area (Å²) >= 11 is 1.40. The van der Waals surface area contributed by atoms with Gasteiger partial charge in [0.15, 0.2) is 5.16 Å². The van der Waals surface area contributed by atoms with E-state index in [2.05, 4.69) is 33.8 Å². The normalized spacial score (nSPS) is 11.2. The minimum Gasteiger partial charge on any atom is -0.468 e. The first-order valence-corrected chi connectivity index (χ1v) is 8.63. The summed E-state index contributed by atoms with van der Waals surface area (Å²) in [7, 11) is 1.40. The minimum absolute atomic E-state index is 0.251. The smallest absolute Gasteiger partial charge is 0.316 e. The number of ether oxygens (including phenoxy) is 1. The summed E-state index contributed by atoms with van der Waals surface area (Å²) in [6.07, 6.45) is 4.19. The molecule has 0 N–H and O–H groups in total. The van der Waals surface area contributed by atoms with Gasteiger partial charge in [-0.3, -0.25) is 4.79 Å². The van der Waals surface area contributed by atoms with Gasteiger partial charge in [0.2, 0.25) is 0 Å². The fourth-order valence-electron chi connectivity index (χ4n) is 2.38. The molecule has 24 heavy (non-hydrogen) atoms. The van der Waals surface area contributed by atoms with Crippen LogP contribution in [0.1, 0.15) is 5.56 Å². The standard InChI is InChI=1S/C19H18N2O2S/c1-23-18(22)14-24-19-20-16-11-5-6-12-17(16)21(19)13-7-10-15-8-3-2-4-9-15/h2-12H,13-14H2,1H3/b10-7-. The maximum absolute atomic E-state index is 11.4. The summed E-state index contributed by atoms with van der Waals surface area (Å²) in [5.74, 6) is 0.000754. The van der Waals surface area contributed by atoms with Crippen LogP contribution in [0.4, 0.5) is 0 Å². The largest absolute Gasteiger partial charge is 0.468 e. The molecule has 0 unspecified atom stereocenters. The molecule has 3 rings (SSSR count). The van der Waals surface area contributed by atoms with Gasteiger partial charge in [0.05, 0.1) is 23.9 Å². The minimum atomic E-state index is -0.251. The summed E-state index contributed by atoms with van der Waals surface area (Å²) in [5.41, 5.74) is 3.14. The van der Waals surface area contributed by atoms with E-state index in [1.54, 1.807) is 0 Å². The number of aromatic nitrogens is 2. The lowest BCUT2D eigenvalue weighted by molar-refractivity contribution is -0.137. The molecular weight excluding hydrogens is 320 g/mol. The number of hydrogen-bond donors (Lipinski definition) is 0. The van der Waals surface area contributed by atoms with Crippen molar-refractivity contribution in [2.24, 2.45) is 0 Å². The molecule has 0 bridgehead atoms. The molecule has 1 heterocycles. The zero-order valence-electron chi connectivity index (χ0n) is 13.4. The molecule has 1 aromatic heterocycles. The van der Waals surface area contributed by atoms with E-state index in [-0.39, 0.29) is 11.7 Å². The van der Waals surface area contributed by atoms with E-state index in [9.17, 15) is 4.79 Å². The average Bonchev–Trinajstić information content (AvgIpc) is 2.98. The molecule has 0 aliphatic rings. The predicted molar refractivity (Wildman–Crippen MR) is 97.9 cm³/mol. The topological polar surface area (TPSA) is 44.1 Å². The van der Waals surface area contributed by atoms with Gasteiger partial charge in [0, 0.05) is 6.54 Å². The van der Waals surface area contributed by atoms with Crippen LogP contribution < -0.4 is 0 Å². The lowest BCUT2D eigenvalue weighted by Crippen LogP contribution is -2.05. The van der Waals surface area contributed by atoms with Crippen molar-refractivity contribution in [2.75, 3.05) is 12.9 Å². The Morgan fingerprint density at radius 3 is 2.71 bits per heavy atom. The van der Waals surface area contributed by atoms with E-state index >= 15 is 0 Å². The molecule has 0 saturated heterocycles. The number of thioether (sulfide) groups is 1. The van der Waals surface area contributed by atoms with Crippen LogP contribution in [0.25, 0.3) is 17.1 Å². The van der Waals surface area contributed by atoms with Crippen LogP contribution in [0, 0.1) is 0 Å². The quantitative estimate of drug-likeness (QED) is 0.503. The number of fused-ring (bicyclic) bond motifs is 1. The van der Waals surface area contributed by atoms with Gasteiger partial charge < -0.3 is 9.30 Å². The van der Waals surface area contributed by atoms with Crippen molar-refractivity contribution in [2.45, 2.75) is 11.7 Å². The second kappa shape index (κ2) is 7.84. The highest BCUT2D eigenvalue weighted by Crippen LogP contribution is 2.24. The number of carbonyl (C=O) groups is 1. The van der Waals surface area contributed by atoms with E-state index in [4.69, 9.17) is 4.74 Å². The summed E-state index contributed by atoms with van der Waals surface area (Å²) in [5, 5.41) is 0.819. The SMILES string of the molecule is COC(=O)CSc1nc2ccccc2n1C/C=C\c1ccccc1. The molecule has 0 aliphatic heterocycles. The van der Waals surface area contributed by atoms with Gasteiger partial charge in [0.25, 0.3) is 0 Å². The Morgan fingerprint density at radius 1 is 1.17 bits per heavy atom. The number of carbonyl (C=O) groups excluding carboxylic acids is 1. The van der Waals surface area contributed by atoms with Gasteiger partial charge in [0.1, 0.15) is 0 Å². The molecule has 5 heteroatoms. The molecular formula is C19H18N2O2S. The van der Waals surface area contributed by atoms with Gasteiger partial charge in [-0.2, -0.15) is 0 Å². The van der Waals surface area contributed by atoms with Crippen molar-refractivity contribution in [3.63, 3.8) is 0 Å². The van der Waals surface area contributed by atoms with Gasteiger partial charge >= 0.3 is 5.97 Å². The summed E-state index contributed by atoms with van der Waals surface area (Å²) in [4.78, 5) is 16.0. The van der Waals surface area contributed by atoms with Crippen molar-refractivity contribution < 1.29 is 9.53 Å². The van der Waals surface area contributed by atoms with Crippen molar-refractivity contribution in [1.82, 2.24) is 9.55 Å². The van der Waals surface area contributed by atoms with Crippen molar-refractivity contribution in [3.8, 4) is 0 Å².